The summed E-state index contributed by atoms with van der Waals surface area (Å²) in [6.45, 7) is 4.20. The lowest BCUT2D eigenvalue weighted by atomic mass is 10.2. The van der Waals surface area contributed by atoms with Crippen molar-refractivity contribution in [3.8, 4) is 0 Å². The summed E-state index contributed by atoms with van der Waals surface area (Å²) in [6, 6.07) is 40.7. The summed E-state index contributed by atoms with van der Waals surface area (Å²) in [4.78, 5) is 0. The molecule has 0 amide bonds. The van der Waals surface area contributed by atoms with Gasteiger partial charge in [0.15, 0.2) is 5.78 Å². The lowest BCUT2D eigenvalue weighted by Crippen LogP contribution is -2.26. The summed E-state index contributed by atoms with van der Waals surface area (Å²) < 4.78 is 31.8. The molecule has 6 heteroatoms. The van der Waals surface area contributed by atoms with Gasteiger partial charge in [-0.25, -0.2) is 0 Å². The van der Waals surface area contributed by atoms with Gasteiger partial charge in [-0.05, 0) is 19.4 Å². The van der Waals surface area contributed by atoms with E-state index in [2.05, 4.69) is 36.4 Å². The van der Waals surface area contributed by atoms with Crippen molar-refractivity contribution in [3.05, 3.63) is 127 Å². The second-order valence-electron chi connectivity index (χ2n) is 7.92. The quantitative estimate of drug-likeness (QED) is 0.216. The molecule has 0 saturated carbocycles. The summed E-state index contributed by atoms with van der Waals surface area (Å²) in [6.07, 6.45) is 0. The Balaban J connectivity index is 2.15. The number of hydrogen-bond donors (Lipinski definition) is 0. The fourth-order valence-corrected chi connectivity index (χ4v) is 10.4. The van der Waals surface area contributed by atoms with Gasteiger partial charge >= 0.3 is 7.60 Å². The van der Waals surface area contributed by atoms with E-state index in [1.165, 1.54) is 0 Å². The summed E-state index contributed by atoms with van der Waals surface area (Å²) in [7, 11) is -6.27. The SMILES string of the molecule is CCOP(=O)(OCC)C(N=P(c1ccccc1)(c1ccccc1)c1ccccc1)c1ccccc1. The van der Waals surface area contributed by atoms with Crippen LogP contribution in [0.3, 0.4) is 0 Å². The van der Waals surface area contributed by atoms with Crippen LogP contribution in [0.1, 0.15) is 25.2 Å². The molecule has 0 radical (unpaired) electrons. The molecule has 0 bridgehead atoms. The minimum Gasteiger partial charge on any atom is -0.307 e. The third kappa shape index (κ3) is 5.42. The van der Waals surface area contributed by atoms with E-state index < -0.39 is 20.4 Å². The molecule has 0 aromatic heterocycles. The van der Waals surface area contributed by atoms with E-state index in [1.54, 1.807) is 0 Å². The third-order valence-corrected chi connectivity index (χ3v) is 11.8. The molecule has 0 spiro atoms. The highest BCUT2D eigenvalue weighted by Crippen LogP contribution is 2.65. The van der Waals surface area contributed by atoms with Crippen LogP contribution in [-0.2, 0) is 13.6 Å². The Morgan fingerprint density at radius 3 is 1.29 bits per heavy atom. The Kier molecular flexibility index (Phi) is 8.55. The zero-order valence-electron chi connectivity index (χ0n) is 20.1. The first kappa shape index (κ1) is 25.4. The molecule has 0 fully saturated rings. The topological polar surface area (TPSA) is 47.9 Å². The van der Waals surface area contributed by atoms with E-state index in [-0.39, 0.29) is 13.2 Å². The minimum absolute atomic E-state index is 0.267. The summed E-state index contributed by atoms with van der Waals surface area (Å²) in [5.74, 6) is -0.794. The van der Waals surface area contributed by atoms with Crippen LogP contribution in [0, 0.1) is 0 Å². The van der Waals surface area contributed by atoms with E-state index in [1.807, 2.05) is 98.8 Å². The number of hydrogen-bond acceptors (Lipinski definition) is 4. The van der Waals surface area contributed by atoms with Gasteiger partial charge in [0.1, 0.15) is 0 Å². The molecule has 0 heterocycles. The summed E-state index contributed by atoms with van der Waals surface area (Å²) in [5, 5.41) is 3.24. The number of nitrogens with zero attached hydrogens (tertiary/aromatic N) is 1. The van der Waals surface area contributed by atoms with Gasteiger partial charge in [0.25, 0.3) is 0 Å². The van der Waals surface area contributed by atoms with E-state index in [0.29, 0.717) is 0 Å². The molecule has 0 aliphatic heterocycles. The van der Waals surface area contributed by atoms with E-state index in [9.17, 15) is 4.57 Å². The van der Waals surface area contributed by atoms with Crippen molar-refractivity contribution in [2.45, 2.75) is 19.6 Å². The van der Waals surface area contributed by atoms with E-state index in [4.69, 9.17) is 13.8 Å². The molecule has 4 aromatic rings. The molecule has 4 nitrogen and oxygen atoms in total. The Morgan fingerprint density at radius 2 is 0.943 bits per heavy atom. The van der Waals surface area contributed by atoms with E-state index >= 15 is 0 Å². The molecule has 180 valence electrons. The predicted molar refractivity (Wildman–Crippen MR) is 148 cm³/mol. The molecule has 0 aliphatic carbocycles. The van der Waals surface area contributed by atoms with Crippen molar-refractivity contribution >= 4 is 30.6 Å². The van der Waals surface area contributed by atoms with Crippen LogP contribution in [0.2, 0.25) is 0 Å². The highest BCUT2D eigenvalue weighted by atomic mass is 31.2. The fraction of sp³-hybridized carbons (Fsp3) is 0.172. The molecule has 35 heavy (non-hydrogen) atoms. The lowest BCUT2D eigenvalue weighted by Gasteiger charge is -2.32. The van der Waals surface area contributed by atoms with Crippen molar-refractivity contribution in [3.63, 3.8) is 0 Å². The highest BCUT2D eigenvalue weighted by molar-refractivity contribution is 7.87. The van der Waals surface area contributed by atoms with Gasteiger partial charge in [-0.1, -0.05) is 121 Å². The van der Waals surface area contributed by atoms with Crippen LogP contribution < -0.4 is 15.9 Å². The lowest BCUT2D eigenvalue weighted by molar-refractivity contribution is 0.213. The molecule has 0 aliphatic rings. The first-order chi connectivity index (χ1) is 17.1. The van der Waals surface area contributed by atoms with Crippen LogP contribution >= 0.6 is 14.7 Å². The normalized spacial score (nSPS) is 12.7. The van der Waals surface area contributed by atoms with E-state index in [0.717, 1.165) is 21.5 Å². The van der Waals surface area contributed by atoms with Crippen molar-refractivity contribution in [2.24, 2.45) is 4.74 Å². The van der Waals surface area contributed by atoms with Crippen molar-refractivity contribution in [2.75, 3.05) is 13.2 Å². The second-order valence-corrected chi connectivity index (χ2v) is 13.1. The summed E-state index contributed by atoms with van der Waals surface area (Å²) >= 11 is 0. The van der Waals surface area contributed by atoms with Crippen molar-refractivity contribution in [1.82, 2.24) is 0 Å². The van der Waals surface area contributed by atoms with Crippen LogP contribution in [0.15, 0.2) is 126 Å². The summed E-state index contributed by atoms with van der Waals surface area (Å²) in [5.41, 5.74) is 0.810. The fourth-order valence-electron chi connectivity index (χ4n) is 4.22. The second kappa shape index (κ2) is 11.8. The molecule has 0 N–H and O–H groups in total. The molecular formula is C29H31NO3P2. The van der Waals surface area contributed by atoms with Crippen LogP contribution in [-0.4, -0.2) is 13.2 Å². The largest absolute Gasteiger partial charge is 0.359 e. The average Bonchev–Trinajstić information content (AvgIpc) is 2.92. The van der Waals surface area contributed by atoms with Crippen molar-refractivity contribution in [1.29, 1.82) is 0 Å². The maximum absolute atomic E-state index is 14.4. The molecule has 4 rings (SSSR count). The zero-order valence-corrected chi connectivity index (χ0v) is 21.9. The third-order valence-electron chi connectivity index (χ3n) is 5.69. The van der Waals surface area contributed by atoms with Gasteiger partial charge in [-0.15, -0.1) is 0 Å². The Labute approximate surface area is 208 Å². The minimum atomic E-state index is -3.65. The Hall–Kier alpha value is -2.74. The van der Waals surface area contributed by atoms with Gasteiger partial charge in [-0.3, -0.25) is 9.31 Å². The maximum Gasteiger partial charge on any atom is 0.359 e. The van der Waals surface area contributed by atoms with Gasteiger partial charge in [0.2, 0.25) is 0 Å². The van der Waals surface area contributed by atoms with Crippen molar-refractivity contribution < 1.29 is 13.6 Å². The smallest absolute Gasteiger partial charge is 0.307 e. The van der Waals surface area contributed by atoms with Crippen LogP contribution in [0.25, 0.3) is 0 Å². The standard InChI is InChI=1S/C29H31NO3P2/c1-3-32-35(31,33-4-2)29(25-17-9-5-10-18-25)30-34(26-19-11-6-12-20-26,27-21-13-7-14-22-27)28-23-15-8-16-24-28/h5-24,29H,3-4H2,1-2H3. The van der Waals surface area contributed by atoms with Gasteiger partial charge < -0.3 is 9.05 Å². The maximum atomic E-state index is 14.4. The van der Waals surface area contributed by atoms with Gasteiger partial charge in [-0.2, -0.15) is 0 Å². The number of rotatable bonds is 10. The van der Waals surface area contributed by atoms with Crippen LogP contribution in [0.4, 0.5) is 0 Å². The average molecular weight is 504 g/mol. The highest BCUT2D eigenvalue weighted by Gasteiger charge is 2.40. The molecule has 1 unspecified atom stereocenters. The molecule has 1 atom stereocenters. The Bertz CT molecular complexity index is 1180. The first-order valence-electron chi connectivity index (χ1n) is 11.9. The molecular weight excluding hydrogens is 472 g/mol. The van der Waals surface area contributed by atoms with Gasteiger partial charge in [0, 0.05) is 15.9 Å². The molecule has 0 saturated heterocycles. The van der Waals surface area contributed by atoms with Gasteiger partial charge in [0.05, 0.1) is 20.3 Å². The molecule has 4 aromatic carbocycles. The van der Waals surface area contributed by atoms with Crippen LogP contribution in [0.5, 0.6) is 0 Å². The number of benzene rings is 4. The zero-order chi connectivity index (χ0) is 24.6. The predicted octanol–water partition coefficient (Wildman–Crippen LogP) is 7.13. The Morgan fingerprint density at radius 1 is 0.600 bits per heavy atom. The first-order valence-corrected chi connectivity index (χ1v) is 15.2. The monoisotopic (exact) mass is 503 g/mol.